The number of hydrogen-bond acceptors (Lipinski definition) is 3. The van der Waals surface area contributed by atoms with Gasteiger partial charge in [0.1, 0.15) is 12.9 Å². The SMILES string of the molecule is O=C(OCCCl)n1ccnc1. The first-order chi connectivity index (χ1) is 5.34. The zero-order valence-electron chi connectivity index (χ0n) is 5.74. The van der Waals surface area contributed by atoms with Crippen molar-refractivity contribution >= 4 is 17.7 Å². The number of hydrogen-bond donors (Lipinski definition) is 0. The van der Waals surface area contributed by atoms with E-state index in [0.717, 1.165) is 0 Å². The van der Waals surface area contributed by atoms with Crippen LogP contribution in [0.15, 0.2) is 18.7 Å². The first-order valence-electron chi connectivity index (χ1n) is 3.05. The van der Waals surface area contributed by atoms with E-state index in [-0.39, 0.29) is 6.61 Å². The van der Waals surface area contributed by atoms with E-state index in [1.54, 1.807) is 0 Å². The number of ether oxygens (including phenoxy) is 1. The van der Waals surface area contributed by atoms with Crippen LogP contribution in [-0.4, -0.2) is 28.1 Å². The minimum atomic E-state index is -0.455. The van der Waals surface area contributed by atoms with Gasteiger partial charge in [-0.15, -0.1) is 11.6 Å². The number of halogens is 1. The van der Waals surface area contributed by atoms with Gasteiger partial charge >= 0.3 is 6.09 Å². The summed E-state index contributed by atoms with van der Waals surface area (Å²) in [6.07, 6.45) is 3.93. The van der Waals surface area contributed by atoms with Crippen molar-refractivity contribution in [2.45, 2.75) is 0 Å². The molecule has 0 spiro atoms. The van der Waals surface area contributed by atoms with E-state index in [1.807, 2.05) is 0 Å². The summed E-state index contributed by atoms with van der Waals surface area (Å²) in [6.45, 7) is 0.221. The van der Waals surface area contributed by atoms with Gasteiger partial charge in [-0.05, 0) is 0 Å². The summed E-state index contributed by atoms with van der Waals surface area (Å²) in [6, 6.07) is 0. The third-order valence-electron chi connectivity index (χ3n) is 1.02. The van der Waals surface area contributed by atoms with Crippen LogP contribution in [0.4, 0.5) is 4.79 Å². The zero-order valence-corrected chi connectivity index (χ0v) is 6.49. The van der Waals surface area contributed by atoms with Crippen LogP contribution < -0.4 is 0 Å². The summed E-state index contributed by atoms with van der Waals surface area (Å²) in [5, 5.41) is 0. The highest BCUT2D eigenvalue weighted by atomic mass is 35.5. The fourth-order valence-electron chi connectivity index (χ4n) is 0.568. The summed E-state index contributed by atoms with van der Waals surface area (Å²) < 4.78 is 5.93. The number of alkyl halides is 1. The number of carbonyl (C=O) groups is 1. The molecule has 1 rings (SSSR count). The molecular weight excluding hydrogens is 168 g/mol. The Bertz CT molecular complexity index is 222. The van der Waals surface area contributed by atoms with Crippen molar-refractivity contribution in [3.8, 4) is 0 Å². The van der Waals surface area contributed by atoms with Crippen LogP contribution >= 0.6 is 11.6 Å². The van der Waals surface area contributed by atoms with Crippen molar-refractivity contribution < 1.29 is 9.53 Å². The quantitative estimate of drug-likeness (QED) is 0.631. The molecule has 0 bridgehead atoms. The van der Waals surface area contributed by atoms with E-state index in [4.69, 9.17) is 11.6 Å². The topological polar surface area (TPSA) is 44.1 Å². The van der Waals surface area contributed by atoms with Gasteiger partial charge in [-0.2, -0.15) is 0 Å². The zero-order chi connectivity index (χ0) is 8.10. The van der Waals surface area contributed by atoms with Crippen molar-refractivity contribution in [2.24, 2.45) is 0 Å². The number of rotatable bonds is 2. The molecule has 0 radical (unpaired) electrons. The Labute approximate surface area is 68.7 Å². The second-order valence-corrected chi connectivity index (χ2v) is 2.15. The van der Waals surface area contributed by atoms with Gasteiger partial charge in [0.25, 0.3) is 0 Å². The lowest BCUT2D eigenvalue weighted by Crippen LogP contribution is -2.12. The molecule has 0 amide bonds. The first kappa shape index (κ1) is 8.07. The van der Waals surface area contributed by atoms with Crippen LogP contribution in [0, 0.1) is 0 Å². The standard InChI is InChI=1S/C6H7ClN2O2/c7-1-4-11-6(10)9-3-2-8-5-9/h2-3,5H,1,4H2. The first-order valence-corrected chi connectivity index (χ1v) is 3.59. The summed E-state index contributed by atoms with van der Waals surface area (Å²) >= 11 is 5.30. The molecule has 0 aliphatic rings. The fourth-order valence-corrected chi connectivity index (χ4v) is 0.645. The second kappa shape index (κ2) is 3.98. The highest BCUT2D eigenvalue weighted by molar-refractivity contribution is 6.18. The highest BCUT2D eigenvalue weighted by Crippen LogP contribution is 1.89. The molecule has 1 heterocycles. The fraction of sp³-hybridized carbons (Fsp3) is 0.333. The van der Waals surface area contributed by atoms with E-state index in [2.05, 4.69) is 9.72 Å². The minimum absolute atomic E-state index is 0.221. The van der Waals surface area contributed by atoms with E-state index < -0.39 is 6.09 Å². The maximum absolute atomic E-state index is 10.9. The van der Waals surface area contributed by atoms with Crippen molar-refractivity contribution in [1.82, 2.24) is 9.55 Å². The van der Waals surface area contributed by atoms with Crippen LogP contribution in [0.25, 0.3) is 0 Å². The Hall–Kier alpha value is -1.03. The van der Waals surface area contributed by atoms with E-state index in [1.165, 1.54) is 23.3 Å². The molecule has 11 heavy (non-hydrogen) atoms. The average Bonchev–Trinajstić information content (AvgIpc) is 2.52. The molecule has 0 fully saturated rings. The number of nitrogens with zero attached hydrogens (tertiary/aromatic N) is 2. The molecule has 0 aromatic carbocycles. The molecule has 1 aromatic rings. The summed E-state index contributed by atoms with van der Waals surface area (Å²) in [5.41, 5.74) is 0. The molecule has 0 N–H and O–H groups in total. The summed E-state index contributed by atoms with van der Waals surface area (Å²) in [5.74, 6) is 0.306. The largest absolute Gasteiger partial charge is 0.448 e. The predicted molar refractivity (Wildman–Crippen MR) is 39.7 cm³/mol. The van der Waals surface area contributed by atoms with Crippen LogP contribution in [0.3, 0.4) is 0 Å². The maximum Gasteiger partial charge on any atom is 0.419 e. The molecule has 0 saturated heterocycles. The molecule has 0 aliphatic carbocycles. The number of carbonyl (C=O) groups excluding carboxylic acids is 1. The van der Waals surface area contributed by atoms with E-state index in [0.29, 0.717) is 5.88 Å². The number of imidazole rings is 1. The third-order valence-corrected chi connectivity index (χ3v) is 1.17. The molecule has 1 aromatic heterocycles. The smallest absolute Gasteiger partial charge is 0.419 e. The Morgan fingerprint density at radius 1 is 1.73 bits per heavy atom. The van der Waals surface area contributed by atoms with Crippen LogP contribution in [0.2, 0.25) is 0 Å². The van der Waals surface area contributed by atoms with Gasteiger partial charge in [0.05, 0.1) is 5.88 Å². The summed E-state index contributed by atoms with van der Waals surface area (Å²) in [7, 11) is 0. The molecule has 0 aliphatic heterocycles. The lowest BCUT2D eigenvalue weighted by Gasteiger charge is -2.00. The van der Waals surface area contributed by atoms with Crippen molar-refractivity contribution in [2.75, 3.05) is 12.5 Å². The second-order valence-electron chi connectivity index (χ2n) is 1.77. The molecule has 0 unspecified atom stereocenters. The van der Waals surface area contributed by atoms with Crippen molar-refractivity contribution in [3.63, 3.8) is 0 Å². The van der Waals surface area contributed by atoms with Gasteiger partial charge in [-0.3, -0.25) is 0 Å². The Kier molecular flexibility index (Phi) is 2.92. The minimum Gasteiger partial charge on any atom is -0.448 e. The van der Waals surface area contributed by atoms with Gasteiger partial charge in [0, 0.05) is 12.4 Å². The molecule has 5 heteroatoms. The highest BCUT2D eigenvalue weighted by Gasteiger charge is 2.02. The number of aromatic nitrogens is 2. The molecule has 4 nitrogen and oxygen atoms in total. The molecule has 0 atom stereocenters. The van der Waals surface area contributed by atoms with Crippen LogP contribution in [-0.2, 0) is 4.74 Å². The van der Waals surface area contributed by atoms with Crippen LogP contribution in [0.1, 0.15) is 0 Å². The Morgan fingerprint density at radius 2 is 2.55 bits per heavy atom. The van der Waals surface area contributed by atoms with Gasteiger partial charge in [0.15, 0.2) is 0 Å². The van der Waals surface area contributed by atoms with Gasteiger partial charge < -0.3 is 4.74 Å². The van der Waals surface area contributed by atoms with Gasteiger partial charge in [0.2, 0.25) is 0 Å². The molecule has 60 valence electrons. The maximum atomic E-state index is 10.9. The average molecular weight is 175 g/mol. The molecule has 0 saturated carbocycles. The summed E-state index contributed by atoms with van der Waals surface area (Å²) in [4.78, 5) is 14.6. The van der Waals surface area contributed by atoms with Gasteiger partial charge in [-0.25, -0.2) is 14.3 Å². The van der Waals surface area contributed by atoms with Crippen LogP contribution in [0.5, 0.6) is 0 Å². The van der Waals surface area contributed by atoms with Gasteiger partial charge in [-0.1, -0.05) is 0 Å². The lowest BCUT2D eigenvalue weighted by molar-refractivity contribution is 0.154. The lowest BCUT2D eigenvalue weighted by atomic mass is 10.8. The molecular formula is C6H7ClN2O2. The predicted octanol–water partition coefficient (Wildman–Crippen LogP) is 1.11. The van der Waals surface area contributed by atoms with Crippen molar-refractivity contribution in [3.05, 3.63) is 18.7 Å². The Morgan fingerprint density at radius 3 is 3.09 bits per heavy atom. The van der Waals surface area contributed by atoms with E-state index in [9.17, 15) is 4.79 Å². The normalized spacial score (nSPS) is 9.55. The Balaban J connectivity index is 2.43. The van der Waals surface area contributed by atoms with E-state index >= 15 is 0 Å². The van der Waals surface area contributed by atoms with Crippen molar-refractivity contribution in [1.29, 1.82) is 0 Å². The monoisotopic (exact) mass is 174 g/mol. The third kappa shape index (κ3) is 2.23.